The molecule has 0 aliphatic carbocycles. The van der Waals surface area contributed by atoms with E-state index in [1.54, 1.807) is 0 Å². The Balaban J connectivity index is 1.77. The van der Waals surface area contributed by atoms with E-state index >= 15 is 0 Å². The topological polar surface area (TPSA) is 38.2 Å². The molecule has 0 amide bonds. The summed E-state index contributed by atoms with van der Waals surface area (Å²) in [5, 5.41) is 0. The number of aryl methyl sites for hydroxylation is 1. The van der Waals surface area contributed by atoms with Gasteiger partial charge in [-0.25, -0.2) is 4.98 Å². The first-order valence-corrected chi connectivity index (χ1v) is 8.38. The number of benzene rings is 2. The van der Waals surface area contributed by atoms with Crippen molar-refractivity contribution >= 4 is 16.9 Å². The fourth-order valence-corrected chi connectivity index (χ4v) is 3.18. The molecule has 1 saturated heterocycles. The van der Waals surface area contributed by atoms with Gasteiger partial charge in [-0.1, -0.05) is 24.3 Å². The molecule has 4 heteroatoms. The Morgan fingerprint density at radius 1 is 1.00 bits per heavy atom. The van der Waals surface area contributed by atoms with Gasteiger partial charge in [0.05, 0.1) is 30.4 Å². The molecule has 0 atom stereocenters. The van der Waals surface area contributed by atoms with Gasteiger partial charge in [0, 0.05) is 13.1 Å². The lowest BCUT2D eigenvalue weighted by Gasteiger charge is -2.27. The zero-order valence-corrected chi connectivity index (χ0v) is 14.1. The summed E-state index contributed by atoms with van der Waals surface area (Å²) >= 11 is 0. The molecule has 4 rings (SSSR count). The van der Waals surface area contributed by atoms with Crippen molar-refractivity contribution in [2.45, 2.75) is 13.8 Å². The van der Waals surface area contributed by atoms with Gasteiger partial charge in [0.25, 0.3) is 0 Å². The van der Waals surface area contributed by atoms with Gasteiger partial charge >= 0.3 is 0 Å². The average Bonchev–Trinajstić information content (AvgIpc) is 2.64. The van der Waals surface area contributed by atoms with Crippen LogP contribution in [-0.4, -0.2) is 36.3 Å². The first-order valence-electron chi connectivity index (χ1n) is 8.38. The Hall–Kier alpha value is -2.46. The normalized spacial score (nSPS) is 15.0. The van der Waals surface area contributed by atoms with Crippen LogP contribution in [0.25, 0.3) is 22.2 Å². The van der Waals surface area contributed by atoms with E-state index in [1.165, 1.54) is 22.3 Å². The van der Waals surface area contributed by atoms with Crippen LogP contribution in [0.2, 0.25) is 0 Å². The maximum Gasteiger partial charge on any atom is 0.148 e. The van der Waals surface area contributed by atoms with Crippen LogP contribution in [0.15, 0.2) is 42.6 Å². The molecule has 1 fully saturated rings. The van der Waals surface area contributed by atoms with Crippen LogP contribution in [-0.2, 0) is 4.74 Å². The third-order valence-electron chi connectivity index (χ3n) is 4.78. The molecule has 0 bridgehead atoms. The minimum atomic E-state index is 0.752. The highest BCUT2D eigenvalue weighted by Crippen LogP contribution is 2.28. The standard InChI is InChI=1S/C20H21N3O/c1-14-4-3-5-17(15(14)2)16-6-7-18-19(12-16)22-20(13-21-18)23-8-10-24-11-9-23/h3-7,12-13H,8-11H2,1-2H3. The lowest BCUT2D eigenvalue weighted by molar-refractivity contribution is 0.122. The average molecular weight is 319 g/mol. The molecule has 2 heterocycles. The summed E-state index contributed by atoms with van der Waals surface area (Å²) in [7, 11) is 0. The summed E-state index contributed by atoms with van der Waals surface area (Å²) < 4.78 is 5.42. The summed E-state index contributed by atoms with van der Waals surface area (Å²) in [6, 6.07) is 12.8. The molecule has 24 heavy (non-hydrogen) atoms. The van der Waals surface area contributed by atoms with Crippen molar-refractivity contribution in [3.8, 4) is 11.1 Å². The molecule has 0 N–H and O–H groups in total. The molecule has 1 aromatic heterocycles. The Bertz CT molecular complexity index is 885. The first kappa shape index (κ1) is 15.1. The second kappa shape index (κ2) is 6.21. The van der Waals surface area contributed by atoms with E-state index in [0.29, 0.717) is 0 Å². The monoisotopic (exact) mass is 319 g/mol. The highest BCUT2D eigenvalue weighted by Gasteiger charge is 2.14. The molecular formula is C20H21N3O. The summed E-state index contributed by atoms with van der Waals surface area (Å²) in [4.78, 5) is 11.7. The Labute approximate surface area is 142 Å². The highest BCUT2D eigenvalue weighted by molar-refractivity contribution is 5.83. The number of nitrogens with zero attached hydrogens (tertiary/aromatic N) is 3. The van der Waals surface area contributed by atoms with E-state index in [4.69, 9.17) is 9.72 Å². The zero-order valence-electron chi connectivity index (χ0n) is 14.1. The van der Waals surface area contributed by atoms with E-state index in [-0.39, 0.29) is 0 Å². The predicted molar refractivity (Wildman–Crippen MR) is 97.5 cm³/mol. The largest absolute Gasteiger partial charge is 0.378 e. The van der Waals surface area contributed by atoms with Gasteiger partial charge in [-0.3, -0.25) is 4.98 Å². The van der Waals surface area contributed by atoms with Crippen molar-refractivity contribution in [2.75, 3.05) is 31.2 Å². The fourth-order valence-electron chi connectivity index (χ4n) is 3.18. The van der Waals surface area contributed by atoms with Crippen LogP contribution in [0.4, 0.5) is 5.82 Å². The quantitative estimate of drug-likeness (QED) is 0.721. The maximum absolute atomic E-state index is 5.42. The number of ether oxygens (including phenoxy) is 1. The third kappa shape index (κ3) is 2.74. The van der Waals surface area contributed by atoms with Crippen LogP contribution in [0, 0.1) is 13.8 Å². The fraction of sp³-hybridized carbons (Fsp3) is 0.300. The van der Waals surface area contributed by atoms with Crippen LogP contribution in [0.5, 0.6) is 0 Å². The van der Waals surface area contributed by atoms with E-state index in [1.807, 2.05) is 6.20 Å². The van der Waals surface area contributed by atoms with Crippen molar-refractivity contribution in [1.29, 1.82) is 0 Å². The number of rotatable bonds is 2. The minimum absolute atomic E-state index is 0.752. The summed E-state index contributed by atoms with van der Waals surface area (Å²) in [5.41, 5.74) is 6.95. The molecule has 1 aliphatic rings. The van der Waals surface area contributed by atoms with E-state index in [2.05, 4.69) is 60.1 Å². The number of anilines is 1. The highest BCUT2D eigenvalue weighted by atomic mass is 16.5. The van der Waals surface area contributed by atoms with Crippen LogP contribution in [0.3, 0.4) is 0 Å². The first-order chi connectivity index (χ1) is 11.7. The molecule has 0 saturated carbocycles. The molecular weight excluding hydrogens is 298 g/mol. The second-order valence-electron chi connectivity index (χ2n) is 6.28. The number of hydrogen-bond acceptors (Lipinski definition) is 4. The van der Waals surface area contributed by atoms with Gasteiger partial charge in [0.1, 0.15) is 5.82 Å². The molecule has 3 aromatic rings. The Kier molecular flexibility index (Phi) is 3.90. The Morgan fingerprint density at radius 3 is 2.67 bits per heavy atom. The SMILES string of the molecule is Cc1cccc(-c2ccc3ncc(N4CCOCC4)nc3c2)c1C. The summed E-state index contributed by atoms with van der Waals surface area (Å²) in [5.74, 6) is 0.934. The third-order valence-corrected chi connectivity index (χ3v) is 4.78. The molecule has 2 aromatic carbocycles. The molecule has 0 radical (unpaired) electrons. The van der Waals surface area contributed by atoms with Gasteiger partial charge in [0.2, 0.25) is 0 Å². The molecule has 0 unspecified atom stereocenters. The van der Waals surface area contributed by atoms with Crippen LogP contribution < -0.4 is 4.90 Å². The van der Waals surface area contributed by atoms with Gasteiger partial charge in [-0.05, 0) is 48.2 Å². The number of fused-ring (bicyclic) bond motifs is 1. The van der Waals surface area contributed by atoms with Crippen LogP contribution >= 0.6 is 0 Å². The summed E-state index contributed by atoms with van der Waals surface area (Å²) in [6.07, 6.45) is 1.87. The van der Waals surface area contributed by atoms with Gasteiger partial charge < -0.3 is 9.64 Å². The molecule has 1 aliphatic heterocycles. The van der Waals surface area contributed by atoms with Crippen LogP contribution in [0.1, 0.15) is 11.1 Å². The number of hydrogen-bond donors (Lipinski definition) is 0. The number of morpholine rings is 1. The Morgan fingerprint density at radius 2 is 1.83 bits per heavy atom. The van der Waals surface area contributed by atoms with Gasteiger partial charge in [-0.2, -0.15) is 0 Å². The molecule has 122 valence electrons. The van der Waals surface area contributed by atoms with Crippen molar-refractivity contribution in [2.24, 2.45) is 0 Å². The van der Waals surface area contributed by atoms with E-state index < -0.39 is 0 Å². The van der Waals surface area contributed by atoms with Crippen molar-refractivity contribution in [1.82, 2.24) is 9.97 Å². The van der Waals surface area contributed by atoms with Gasteiger partial charge in [0.15, 0.2) is 0 Å². The van der Waals surface area contributed by atoms with Crippen molar-refractivity contribution < 1.29 is 4.74 Å². The summed E-state index contributed by atoms with van der Waals surface area (Å²) in [6.45, 7) is 7.57. The van der Waals surface area contributed by atoms with Crippen molar-refractivity contribution in [3.63, 3.8) is 0 Å². The molecule has 4 nitrogen and oxygen atoms in total. The maximum atomic E-state index is 5.42. The minimum Gasteiger partial charge on any atom is -0.378 e. The van der Waals surface area contributed by atoms with E-state index in [9.17, 15) is 0 Å². The second-order valence-corrected chi connectivity index (χ2v) is 6.28. The predicted octanol–water partition coefficient (Wildman–Crippen LogP) is 3.75. The van der Waals surface area contributed by atoms with Crippen molar-refractivity contribution in [3.05, 3.63) is 53.7 Å². The van der Waals surface area contributed by atoms with E-state index in [0.717, 1.165) is 43.2 Å². The number of aromatic nitrogens is 2. The smallest absolute Gasteiger partial charge is 0.148 e. The zero-order chi connectivity index (χ0) is 16.5. The lowest BCUT2D eigenvalue weighted by atomic mass is 9.97. The molecule has 0 spiro atoms. The van der Waals surface area contributed by atoms with Gasteiger partial charge in [-0.15, -0.1) is 0 Å². The lowest BCUT2D eigenvalue weighted by Crippen LogP contribution is -2.36.